The van der Waals surface area contributed by atoms with Crippen molar-refractivity contribution < 1.29 is 13.9 Å². The van der Waals surface area contributed by atoms with Crippen molar-refractivity contribution in [3.8, 4) is 16.3 Å². The van der Waals surface area contributed by atoms with E-state index in [2.05, 4.69) is 20.4 Å². The third-order valence-electron chi connectivity index (χ3n) is 5.48. The summed E-state index contributed by atoms with van der Waals surface area (Å²) in [5.41, 5.74) is 1.85. The first-order valence-corrected chi connectivity index (χ1v) is 11.1. The lowest BCUT2D eigenvalue weighted by atomic mass is 9.98. The fraction of sp³-hybridized carbons (Fsp3) is 0.348. The van der Waals surface area contributed by atoms with Gasteiger partial charge in [-0.3, -0.25) is 9.69 Å². The number of amides is 1. The van der Waals surface area contributed by atoms with E-state index in [4.69, 9.17) is 4.74 Å². The number of piperidine rings is 1. The molecular formula is C23H25FN4O2S. The van der Waals surface area contributed by atoms with Gasteiger partial charge in [0.25, 0.3) is 0 Å². The number of benzene rings is 2. The van der Waals surface area contributed by atoms with Crippen LogP contribution in [0.25, 0.3) is 10.6 Å². The number of carbonyl (C=O) groups excluding carboxylic acids is 1. The fourth-order valence-electron chi connectivity index (χ4n) is 3.73. The number of para-hydroxylation sites is 1. The Bertz CT molecular complexity index is 1020. The van der Waals surface area contributed by atoms with Gasteiger partial charge in [0.05, 0.1) is 19.2 Å². The molecule has 0 aliphatic carbocycles. The molecule has 8 heteroatoms. The van der Waals surface area contributed by atoms with Gasteiger partial charge in [0, 0.05) is 12.5 Å². The molecule has 0 radical (unpaired) electrons. The van der Waals surface area contributed by atoms with Crippen LogP contribution in [0.4, 0.5) is 4.39 Å². The Morgan fingerprint density at radius 1 is 1.16 bits per heavy atom. The van der Waals surface area contributed by atoms with Crippen molar-refractivity contribution >= 4 is 17.2 Å². The quantitative estimate of drug-likeness (QED) is 0.605. The molecule has 2 aromatic carbocycles. The average Bonchev–Trinajstić information content (AvgIpc) is 3.29. The summed E-state index contributed by atoms with van der Waals surface area (Å²) >= 11 is 1.62. The van der Waals surface area contributed by atoms with Gasteiger partial charge >= 0.3 is 0 Å². The summed E-state index contributed by atoms with van der Waals surface area (Å²) in [4.78, 5) is 14.4. The first-order chi connectivity index (χ1) is 15.1. The van der Waals surface area contributed by atoms with Gasteiger partial charge in [-0.05, 0) is 55.8 Å². The minimum absolute atomic E-state index is 0.0165. The number of halogens is 1. The molecule has 0 saturated carbocycles. The zero-order chi connectivity index (χ0) is 21.6. The predicted molar refractivity (Wildman–Crippen MR) is 119 cm³/mol. The molecule has 6 nitrogen and oxygen atoms in total. The summed E-state index contributed by atoms with van der Waals surface area (Å²) in [5, 5.41) is 13.6. The van der Waals surface area contributed by atoms with E-state index in [1.807, 2.05) is 24.3 Å². The summed E-state index contributed by atoms with van der Waals surface area (Å²) in [6.07, 6.45) is 1.90. The molecule has 2 heterocycles. The highest BCUT2D eigenvalue weighted by molar-refractivity contribution is 7.14. The van der Waals surface area contributed by atoms with Crippen LogP contribution in [-0.2, 0) is 11.3 Å². The zero-order valence-corrected chi connectivity index (χ0v) is 18.2. The second kappa shape index (κ2) is 9.98. The van der Waals surface area contributed by atoms with Crippen molar-refractivity contribution in [1.82, 2.24) is 20.4 Å². The van der Waals surface area contributed by atoms with E-state index in [0.29, 0.717) is 19.0 Å². The number of ether oxygens (including phenoxy) is 1. The minimum atomic E-state index is -0.275. The maximum Gasteiger partial charge on any atom is 0.234 e. The highest BCUT2D eigenvalue weighted by Crippen LogP contribution is 2.36. The standard InChI is InChI=1S/C23H25FN4O2S/c1-30-20-5-3-2-4-19(20)23-27-26-22(31-23)17-10-12-28(13-11-17)15-21(29)25-14-16-6-8-18(24)9-7-16/h2-9,17H,10-15H2,1H3,(H,25,29). The van der Waals surface area contributed by atoms with Crippen LogP contribution in [0.15, 0.2) is 48.5 Å². The first kappa shape index (κ1) is 21.4. The van der Waals surface area contributed by atoms with Crippen molar-refractivity contribution in [2.75, 3.05) is 26.7 Å². The van der Waals surface area contributed by atoms with Gasteiger partial charge in [-0.2, -0.15) is 0 Å². The Morgan fingerprint density at radius 3 is 2.65 bits per heavy atom. The van der Waals surface area contributed by atoms with Crippen LogP contribution in [0.2, 0.25) is 0 Å². The number of likely N-dealkylation sites (tertiary alicyclic amines) is 1. The molecule has 1 amide bonds. The van der Waals surface area contributed by atoms with Crippen LogP contribution in [0, 0.1) is 5.82 Å². The van der Waals surface area contributed by atoms with E-state index in [1.54, 1.807) is 30.6 Å². The largest absolute Gasteiger partial charge is 0.496 e. The normalized spacial score (nSPS) is 15.0. The second-order valence-electron chi connectivity index (χ2n) is 7.60. The zero-order valence-electron chi connectivity index (χ0n) is 17.4. The number of methoxy groups -OCH3 is 1. The van der Waals surface area contributed by atoms with Crippen molar-refractivity contribution in [2.45, 2.75) is 25.3 Å². The lowest BCUT2D eigenvalue weighted by molar-refractivity contribution is -0.122. The number of rotatable bonds is 7. The lowest BCUT2D eigenvalue weighted by Crippen LogP contribution is -2.41. The molecular weight excluding hydrogens is 415 g/mol. The third kappa shape index (κ3) is 5.45. The lowest BCUT2D eigenvalue weighted by Gasteiger charge is -2.30. The van der Waals surface area contributed by atoms with Crippen LogP contribution in [-0.4, -0.2) is 47.7 Å². The predicted octanol–water partition coefficient (Wildman–Crippen LogP) is 3.85. The van der Waals surface area contributed by atoms with Gasteiger partial charge in [0.15, 0.2) is 5.01 Å². The minimum Gasteiger partial charge on any atom is -0.496 e. The van der Waals surface area contributed by atoms with Crippen LogP contribution in [0.1, 0.15) is 29.3 Å². The Kier molecular flexibility index (Phi) is 6.89. The highest BCUT2D eigenvalue weighted by atomic mass is 32.1. The summed E-state index contributed by atoms with van der Waals surface area (Å²) in [6, 6.07) is 14.0. The van der Waals surface area contributed by atoms with E-state index < -0.39 is 0 Å². The SMILES string of the molecule is COc1ccccc1-c1nnc(C2CCN(CC(=O)NCc3ccc(F)cc3)CC2)s1. The molecule has 31 heavy (non-hydrogen) atoms. The smallest absolute Gasteiger partial charge is 0.234 e. The van der Waals surface area contributed by atoms with Gasteiger partial charge in [0.2, 0.25) is 5.91 Å². The van der Waals surface area contributed by atoms with Crippen molar-refractivity contribution in [3.05, 3.63) is 64.9 Å². The monoisotopic (exact) mass is 440 g/mol. The molecule has 0 spiro atoms. The van der Waals surface area contributed by atoms with Gasteiger partial charge in [-0.15, -0.1) is 10.2 Å². The molecule has 3 aromatic rings. The molecule has 0 atom stereocenters. The number of nitrogens with zero attached hydrogens (tertiary/aromatic N) is 3. The summed E-state index contributed by atoms with van der Waals surface area (Å²) in [5.74, 6) is 0.867. The van der Waals surface area contributed by atoms with Crippen LogP contribution >= 0.6 is 11.3 Å². The number of hydrogen-bond donors (Lipinski definition) is 1. The molecule has 1 aliphatic heterocycles. The third-order valence-corrected chi connectivity index (χ3v) is 6.60. The van der Waals surface area contributed by atoms with Gasteiger partial charge < -0.3 is 10.1 Å². The molecule has 0 unspecified atom stereocenters. The maximum atomic E-state index is 13.0. The van der Waals surface area contributed by atoms with Crippen molar-refractivity contribution in [3.63, 3.8) is 0 Å². The summed E-state index contributed by atoms with van der Waals surface area (Å²) in [6.45, 7) is 2.47. The molecule has 1 fully saturated rings. The number of aromatic nitrogens is 2. The van der Waals surface area contributed by atoms with Crippen LogP contribution < -0.4 is 10.1 Å². The second-order valence-corrected chi connectivity index (χ2v) is 8.61. The Morgan fingerprint density at radius 2 is 1.90 bits per heavy atom. The van der Waals surface area contributed by atoms with E-state index >= 15 is 0 Å². The molecule has 1 N–H and O–H groups in total. The molecule has 0 bridgehead atoms. The fourth-order valence-corrected chi connectivity index (χ4v) is 4.77. The van der Waals surface area contributed by atoms with E-state index in [0.717, 1.165) is 52.8 Å². The summed E-state index contributed by atoms with van der Waals surface area (Å²) in [7, 11) is 1.66. The van der Waals surface area contributed by atoms with Gasteiger partial charge in [-0.1, -0.05) is 35.6 Å². The van der Waals surface area contributed by atoms with Gasteiger partial charge in [-0.25, -0.2) is 4.39 Å². The topological polar surface area (TPSA) is 67.4 Å². The Labute approximate surface area is 185 Å². The first-order valence-electron chi connectivity index (χ1n) is 10.3. The van der Waals surface area contributed by atoms with Crippen molar-refractivity contribution in [1.29, 1.82) is 0 Å². The van der Waals surface area contributed by atoms with E-state index in [1.165, 1.54) is 12.1 Å². The molecule has 4 rings (SSSR count). The molecule has 1 aliphatic rings. The Hall–Kier alpha value is -2.84. The number of carbonyl (C=O) groups is 1. The summed E-state index contributed by atoms with van der Waals surface area (Å²) < 4.78 is 18.4. The molecule has 1 aromatic heterocycles. The van der Waals surface area contributed by atoms with Crippen LogP contribution in [0.3, 0.4) is 0 Å². The molecule has 1 saturated heterocycles. The van der Waals surface area contributed by atoms with E-state index in [9.17, 15) is 9.18 Å². The highest BCUT2D eigenvalue weighted by Gasteiger charge is 2.25. The maximum absolute atomic E-state index is 13.0. The van der Waals surface area contributed by atoms with Crippen LogP contribution in [0.5, 0.6) is 5.75 Å². The average molecular weight is 441 g/mol. The Balaban J connectivity index is 1.26. The number of nitrogens with one attached hydrogen (secondary N) is 1. The van der Waals surface area contributed by atoms with E-state index in [-0.39, 0.29) is 11.7 Å². The van der Waals surface area contributed by atoms with Crippen molar-refractivity contribution in [2.24, 2.45) is 0 Å². The van der Waals surface area contributed by atoms with Gasteiger partial charge in [0.1, 0.15) is 16.6 Å². The number of hydrogen-bond acceptors (Lipinski definition) is 6. The molecule has 162 valence electrons.